The van der Waals surface area contributed by atoms with E-state index in [0.29, 0.717) is 0 Å². The molecular formula is C130H152N18P2. The Kier molecular flexibility index (Phi) is 43.0. The van der Waals surface area contributed by atoms with Gasteiger partial charge < -0.3 is 39.9 Å². The molecule has 0 fully saturated rings. The first kappa shape index (κ1) is 109. The summed E-state index contributed by atoms with van der Waals surface area (Å²) in [6, 6.07) is 94.3. The van der Waals surface area contributed by atoms with Crippen LogP contribution in [0.2, 0.25) is 0 Å². The van der Waals surface area contributed by atoms with E-state index in [1.807, 2.05) is 37.3 Å². The molecule has 9 aromatic carbocycles. The second-order valence-corrected chi connectivity index (χ2v) is 42.6. The van der Waals surface area contributed by atoms with E-state index in [2.05, 4.69) is 438 Å². The number of aryl methyl sites for hydroxylation is 8. The van der Waals surface area contributed by atoms with Crippen LogP contribution in [-0.4, -0.2) is 166 Å². The number of hydrogen-bond acceptors (Lipinski definition) is 10. The number of aromatic amines is 8. The first-order valence-corrected chi connectivity index (χ1v) is 56.3. The van der Waals surface area contributed by atoms with E-state index in [9.17, 15) is 0 Å². The summed E-state index contributed by atoms with van der Waals surface area (Å²) in [7, 11) is 1.67. The van der Waals surface area contributed by atoms with Crippen molar-refractivity contribution >= 4 is 153 Å². The highest BCUT2D eigenvalue weighted by Crippen LogP contribution is 2.38. The van der Waals surface area contributed by atoms with Crippen molar-refractivity contribution in [2.75, 3.05) is 65.4 Å². The summed E-state index contributed by atoms with van der Waals surface area (Å²) < 4.78 is 0. The Morgan fingerprint density at radius 1 is 0.220 bits per heavy atom. The van der Waals surface area contributed by atoms with Gasteiger partial charge in [-0.05, 0) is 272 Å². The highest BCUT2D eigenvalue weighted by atomic mass is 31.0. The van der Waals surface area contributed by atoms with Crippen molar-refractivity contribution in [2.24, 2.45) is 49.9 Å². The van der Waals surface area contributed by atoms with Gasteiger partial charge in [0.2, 0.25) is 0 Å². The van der Waals surface area contributed by atoms with E-state index < -0.39 is 0 Å². The molecule has 0 bridgehead atoms. The molecule has 0 radical (unpaired) electrons. The second kappa shape index (κ2) is 58.9. The molecular weight excluding hydrogens is 1880 g/mol. The van der Waals surface area contributed by atoms with Crippen LogP contribution in [-0.2, 0) is 0 Å². The Balaban J connectivity index is 0.000000142. The lowest BCUT2D eigenvalue weighted by Gasteiger charge is -2.09. The summed E-state index contributed by atoms with van der Waals surface area (Å²) >= 11 is 0. The normalized spacial score (nSPS) is 12.3. The van der Waals surface area contributed by atoms with Crippen LogP contribution >= 0.6 is 16.4 Å². The number of benzene rings is 9. The Morgan fingerprint density at radius 2 is 0.487 bits per heavy atom. The largest absolute Gasteiger partial charge is 0.358 e. The monoisotopic (exact) mass is 2030 g/mol. The fraction of sp³-hybridized carbons (Fsp3) is 0.308. The third kappa shape index (κ3) is 33.4. The maximum absolute atomic E-state index is 4.68. The van der Waals surface area contributed by atoms with Gasteiger partial charge in [0, 0.05) is 215 Å². The van der Waals surface area contributed by atoms with Crippen molar-refractivity contribution in [1.29, 1.82) is 0 Å². The van der Waals surface area contributed by atoms with Gasteiger partial charge in [-0.25, -0.2) is 0 Å². The number of nitrogens with one attached hydrogen (secondary N) is 8. The third-order valence-corrected chi connectivity index (χ3v) is 29.5. The Labute approximate surface area is 890 Å². The highest BCUT2D eigenvalue weighted by molar-refractivity contribution is 7.33. The first-order chi connectivity index (χ1) is 73.6. The molecule has 0 saturated heterocycles. The van der Waals surface area contributed by atoms with Crippen molar-refractivity contribution in [1.82, 2.24) is 39.9 Å². The number of hydrogen-bond donors (Lipinski definition) is 8. The minimum absolute atomic E-state index is 0.835. The van der Waals surface area contributed by atoms with Crippen LogP contribution in [0.4, 0.5) is 0 Å². The molecule has 150 heavy (non-hydrogen) atoms. The summed E-state index contributed by atoms with van der Waals surface area (Å²) in [6.07, 6.45) is 39.4. The molecule has 10 aromatic heterocycles. The van der Waals surface area contributed by atoms with Crippen LogP contribution in [0.5, 0.6) is 0 Å². The lowest BCUT2D eigenvalue weighted by atomic mass is 9.96. The zero-order chi connectivity index (χ0) is 104. The van der Waals surface area contributed by atoms with Crippen molar-refractivity contribution in [3.63, 3.8) is 0 Å². The zero-order valence-electron chi connectivity index (χ0n) is 89.7. The quantitative estimate of drug-likeness (QED) is 0.0101. The molecule has 0 aliphatic rings. The number of fused-ring (bicyclic) bond motifs is 9. The summed E-state index contributed by atoms with van der Waals surface area (Å²) in [5, 5.41) is 23.5. The Bertz CT molecular complexity index is 7560. The average Bonchev–Trinajstić information content (AvgIpc) is 1.05. The fourth-order valence-electron chi connectivity index (χ4n) is 19.1. The molecule has 19 rings (SSSR count). The summed E-state index contributed by atoms with van der Waals surface area (Å²) in [5.74, 6) is 0. The van der Waals surface area contributed by atoms with E-state index in [-0.39, 0.29) is 0 Å². The van der Waals surface area contributed by atoms with Gasteiger partial charge in [0.15, 0.2) is 0 Å². The second-order valence-electron chi connectivity index (χ2n) is 39.4. The fourth-order valence-corrected chi connectivity index (χ4v) is 21.0. The summed E-state index contributed by atoms with van der Waals surface area (Å²) in [4.78, 5) is 73.4. The molecule has 772 valence electrons. The molecule has 0 aliphatic carbocycles. The van der Waals surface area contributed by atoms with Gasteiger partial charge in [-0.2, -0.15) is 0 Å². The summed E-state index contributed by atoms with van der Waals surface area (Å²) in [5.41, 5.74) is 22.8. The molecule has 10 heterocycles. The lowest BCUT2D eigenvalue weighted by Crippen LogP contribution is -1.98. The van der Waals surface area contributed by atoms with Gasteiger partial charge in [-0.1, -0.05) is 246 Å². The Hall–Kier alpha value is -14.7. The van der Waals surface area contributed by atoms with E-state index in [0.717, 1.165) is 202 Å². The predicted molar refractivity (Wildman–Crippen MR) is 656 cm³/mol. The van der Waals surface area contributed by atoms with Crippen LogP contribution in [0, 0.1) is 55.4 Å². The zero-order valence-corrected chi connectivity index (χ0v) is 91.7. The van der Waals surface area contributed by atoms with Crippen molar-refractivity contribution in [2.45, 2.75) is 198 Å². The lowest BCUT2D eigenvalue weighted by molar-refractivity contribution is 0.654. The molecule has 20 heteroatoms. The van der Waals surface area contributed by atoms with E-state index in [1.165, 1.54) is 219 Å². The molecule has 8 N–H and O–H groups in total. The number of nitrogens with zero attached hydrogens (tertiary/aromatic N) is 10. The number of rotatable bonds is 47. The standard InChI is InChI=1S/C35H34N4.C31H32N4.C26H30N4.C20H30N4.C18H26N2P2/c1-25-28-13-6-9-17-32(28)35(38-25)24-37-21-11-3-2-10-20-36-23-27-18-19-34(39-27)33-22-26-12-4-5-14-29(26)30-15-7-8-16-31(30)33;1-23-14-15-25(34-23)21-32-18-8-2-3-9-19-33-22-26-16-17-31(35-26)30-20-24-10-4-5-11-27(24)28-12-6-7-13-29(28)30;1-19-21-11-5-7-13-23(21)25(29-19)17-27-15-9-3-4-10-16-28-18-26-24-14-8-6-12-22(24)20(2)30-26;1-15-9-11-19(23-15)17(3)21-13-7-5-6-8-14-22-18(4)20-12-10-16(2)24-20;1-15-7-9-17(21-15)13-19-11-5-3-4-6-12-20-14-18-10-8-16(2)22-18/h4-9,12-19,22-24,38-39H,2-3,10-11,20-21H2,1H3;4-7,10-17,20-22,34-35H,2-3,8-9,18-19H2,1H3;5-8,11-14,17-18,29-30H,3-4,9-10,15-16H2,1-2H3;9-12,23-24H,5-8,13-14H2,1-4H3;7-10,13-14,21-22H,3-6,11-12H2,1-2H3. The maximum atomic E-state index is 4.68. The van der Waals surface area contributed by atoms with Gasteiger partial charge >= 0.3 is 0 Å². The van der Waals surface area contributed by atoms with Crippen LogP contribution in [0.3, 0.4) is 0 Å². The molecule has 18 nitrogen and oxygen atoms in total. The maximum Gasteiger partial charge on any atom is 0.0643 e. The summed E-state index contributed by atoms with van der Waals surface area (Å²) in [6.45, 7) is 30.0. The molecule has 0 aliphatic heterocycles. The SMILES string of the molecule is CC(=NCCCCCCN=C(C)c1ccc(C)[nH]1)c1ccc(C)[nH]1.Cc1[nH]c(C=NCCCCCCN=Cc2[nH]c(C)c3ccccc23)c2ccccc12.Cc1[nH]c(C=NCCCCCCN=Cc2ccc(-c3cc4ccccc4c4ccccc34)[nH]2)c2ccccc12.Cc1ccc(C=NCCCCCCN=Cc2ccc(-c3cc4ccccc4c4ccccc34)[nH]2)[nH]1.Cc1ccc(C=NCCCCCCN=Cc2ccc(C)[pH]2)[pH]1. The van der Waals surface area contributed by atoms with Crippen LogP contribution in [0.25, 0.3) is 97.9 Å². The van der Waals surface area contributed by atoms with Crippen LogP contribution in [0.15, 0.2) is 317 Å². The minimum Gasteiger partial charge on any atom is -0.358 e. The van der Waals surface area contributed by atoms with E-state index in [1.54, 1.807) is 0 Å². The van der Waals surface area contributed by atoms with Gasteiger partial charge in [-0.3, -0.25) is 49.9 Å². The van der Waals surface area contributed by atoms with E-state index in [4.69, 9.17) is 0 Å². The van der Waals surface area contributed by atoms with Crippen LogP contribution < -0.4 is 0 Å². The number of aliphatic imine (C=N–C) groups is 10. The predicted octanol–water partition coefficient (Wildman–Crippen LogP) is 33.3. The van der Waals surface area contributed by atoms with Gasteiger partial charge in [0.05, 0.1) is 57.0 Å². The Morgan fingerprint density at radius 3 is 0.793 bits per heavy atom. The van der Waals surface area contributed by atoms with Gasteiger partial charge in [-0.15, -0.1) is 16.4 Å². The minimum atomic E-state index is 0.835. The van der Waals surface area contributed by atoms with Crippen LogP contribution in [0.1, 0.15) is 243 Å². The topological polar surface area (TPSA) is 250 Å². The van der Waals surface area contributed by atoms with Gasteiger partial charge in [0.1, 0.15) is 0 Å². The molecule has 2 unspecified atom stereocenters. The number of unbranched alkanes of at least 4 members (excludes halogenated alkanes) is 15. The molecule has 0 amide bonds. The smallest absolute Gasteiger partial charge is 0.0643 e. The van der Waals surface area contributed by atoms with E-state index >= 15 is 0 Å². The number of H-pyrrole nitrogens is 8. The highest BCUT2D eigenvalue weighted by Gasteiger charge is 2.15. The average molecular weight is 2030 g/mol. The molecule has 0 saturated carbocycles. The molecule has 19 aromatic rings. The van der Waals surface area contributed by atoms with Crippen molar-refractivity contribution in [3.8, 4) is 22.5 Å². The first-order valence-electron chi connectivity index (χ1n) is 54.3. The van der Waals surface area contributed by atoms with Gasteiger partial charge in [0.25, 0.3) is 0 Å². The third-order valence-electron chi connectivity index (χ3n) is 27.2. The molecule has 0 spiro atoms. The van der Waals surface area contributed by atoms with Crippen molar-refractivity contribution in [3.05, 3.63) is 368 Å². The molecule has 2 atom stereocenters. The number of aromatic nitrogens is 8. The van der Waals surface area contributed by atoms with Crippen molar-refractivity contribution < 1.29 is 0 Å².